The minimum Gasteiger partial charge on any atom is -0.481 e. The number of carboxylic acids is 1. The van der Waals surface area contributed by atoms with Crippen LogP contribution < -0.4 is 10.6 Å². The van der Waals surface area contributed by atoms with E-state index < -0.39 is 5.97 Å². The second-order valence-electron chi connectivity index (χ2n) is 5.12. The first-order valence-electron chi connectivity index (χ1n) is 6.97. The molecule has 2 rings (SSSR count). The smallest absolute Gasteiger partial charge is 0.303 e. The van der Waals surface area contributed by atoms with Gasteiger partial charge in [-0.25, -0.2) is 0 Å². The van der Waals surface area contributed by atoms with Crippen molar-refractivity contribution in [1.29, 1.82) is 0 Å². The van der Waals surface area contributed by atoms with Crippen LogP contribution in [0.3, 0.4) is 0 Å². The van der Waals surface area contributed by atoms with Gasteiger partial charge in [0.25, 0.3) is 0 Å². The fourth-order valence-electron chi connectivity index (χ4n) is 1.91. The van der Waals surface area contributed by atoms with Crippen molar-refractivity contribution in [3.63, 3.8) is 0 Å². The molecule has 0 heterocycles. The van der Waals surface area contributed by atoms with Crippen molar-refractivity contribution in [2.45, 2.75) is 38.1 Å². The van der Waals surface area contributed by atoms with E-state index in [1.54, 1.807) is 0 Å². The normalized spacial score (nSPS) is 14.0. The van der Waals surface area contributed by atoms with E-state index in [1.165, 1.54) is 12.8 Å². The zero-order valence-corrected chi connectivity index (χ0v) is 11.4. The Labute approximate surface area is 118 Å². The lowest BCUT2D eigenvalue weighted by atomic mass is 10.1. The van der Waals surface area contributed by atoms with Crippen molar-refractivity contribution in [2.75, 3.05) is 11.9 Å². The van der Waals surface area contributed by atoms with E-state index in [1.807, 2.05) is 24.3 Å². The molecule has 1 aromatic carbocycles. The topological polar surface area (TPSA) is 78.4 Å². The van der Waals surface area contributed by atoms with Gasteiger partial charge in [-0.3, -0.25) is 9.59 Å². The van der Waals surface area contributed by atoms with Crippen molar-refractivity contribution in [3.05, 3.63) is 29.8 Å². The third-order valence-corrected chi connectivity index (χ3v) is 3.23. The summed E-state index contributed by atoms with van der Waals surface area (Å²) in [7, 11) is 0. The molecule has 0 spiro atoms. The van der Waals surface area contributed by atoms with Crippen LogP contribution in [0.5, 0.6) is 0 Å². The Hall–Kier alpha value is -1.88. The lowest BCUT2D eigenvalue weighted by Crippen LogP contribution is -2.23. The predicted molar refractivity (Wildman–Crippen MR) is 76.7 cm³/mol. The van der Waals surface area contributed by atoms with Gasteiger partial charge in [0.2, 0.25) is 5.91 Å². The lowest BCUT2D eigenvalue weighted by molar-refractivity contribution is -0.137. The van der Waals surface area contributed by atoms with Gasteiger partial charge in [-0.1, -0.05) is 12.1 Å². The second-order valence-corrected chi connectivity index (χ2v) is 5.12. The first-order valence-corrected chi connectivity index (χ1v) is 6.97. The van der Waals surface area contributed by atoms with Gasteiger partial charge in [-0.05, 0) is 37.0 Å². The molecular formula is C15H20N2O3. The molecule has 1 fully saturated rings. The van der Waals surface area contributed by atoms with Crippen molar-refractivity contribution >= 4 is 17.6 Å². The molecule has 5 heteroatoms. The van der Waals surface area contributed by atoms with E-state index >= 15 is 0 Å². The maximum atomic E-state index is 11.7. The molecule has 0 unspecified atom stereocenters. The Kier molecular flexibility index (Phi) is 5.12. The Bertz CT molecular complexity index is 467. The number of aryl methyl sites for hydroxylation is 1. The van der Waals surface area contributed by atoms with Crippen molar-refractivity contribution in [3.8, 4) is 0 Å². The molecule has 0 atom stereocenters. The molecule has 0 saturated heterocycles. The first kappa shape index (κ1) is 14.5. The van der Waals surface area contributed by atoms with Crippen LogP contribution in [0.2, 0.25) is 0 Å². The summed E-state index contributed by atoms with van der Waals surface area (Å²) in [6, 6.07) is 7.94. The van der Waals surface area contributed by atoms with Crippen LogP contribution >= 0.6 is 0 Å². The van der Waals surface area contributed by atoms with Crippen LogP contribution in [0.4, 0.5) is 5.69 Å². The van der Waals surface area contributed by atoms with Crippen LogP contribution in [-0.4, -0.2) is 29.6 Å². The highest BCUT2D eigenvalue weighted by Gasteiger charge is 2.20. The molecule has 5 nitrogen and oxygen atoms in total. The molecule has 1 aromatic rings. The molecule has 0 radical (unpaired) electrons. The number of anilines is 1. The van der Waals surface area contributed by atoms with Crippen LogP contribution in [0.1, 0.15) is 31.2 Å². The van der Waals surface area contributed by atoms with Gasteiger partial charge in [0.1, 0.15) is 0 Å². The third-order valence-electron chi connectivity index (χ3n) is 3.23. The Morgan fingerprint density at radius 2 is 1.85 bits per heavy atom. The van der Waals surface area contributed by atoms with Gasteiger partial charge in [-0.15, -0.1) is 0 Å². The lowest BCUT2D eigenvalue weighted by Gasteiger charge is -2.07. The summed E-state index contributed by atoms with van der Waals surface area (Å²) in [4.78, 5) is 22.2. The zero-order valence-electron chi connectivity index (χ0n) is 11.4. The summed E-state index contributed by atoms with van der Waals surface area (Å²) in [5.41, 5.74) is 1.71. The average molecular weight is 276 g/mol. The number of amides is 1. The summed E-state index contributed by atoms with van der Waals surface area (Å²) in [6.45, 7) is 0.715. The van der Waals surface area contributed by atoms with Gasteiger partial charge in [0.15, 0.2) is 0 Å². The number of hydrogen-bond donors (Lipinski definition) is 3. The SMILES string of the molecule is O=C(O)CCc1ccc(NC(=O)CCNC2CC2)cc1. The fraction of sp³-hybridized carbons (Fsp3) is 0.467. The highest BCUT2D eigenvalue weighted by molar-refractivity contribution is 5.90. The van der Waals surface area contributed by atoms with Crippen molar-refractivity contribution in [2.24, 2.45) is 0 Å². The van der Waals surface area contributed by atoms with Crippen LogP contribution in [0.15, 0.2) is 24.3 Å². The van der Waals surface area contributed by atoms with Gasteiger partial charge >= 0.3 is 5.97 Å². The van der Waals surface area contributed by atoms with Gasteiger partial charge in [0, 0.05) is 31.1 Å². The minimum atomic E-state index is -0.800. The molecule has 108 valence electrons. The Morgan fingerprint density at radius 3 is 2.45 bits per heavy atom. The number of benzene rings is 1. The van der Waals surface area contributed by atoms with Crippen LogP contribution in [0.25, 0.3) is 0 Å². The van der Waals surface area contributed by atoms with Crippen LogP contribution in [0, 0.1) is 0 Å². The zero-order chi connectivity index (χ0) is 14.4. The summed E-state index contributed by atoms with van der Waals surface area (Å²) in [5.74, 6) is -0.804. The summed E-state index contributed by atoms with van der Waals surface area (Å²) >= 11 is 0. The molecule has 20 heavy (non-hydrogen) atoms. The second kappa shape index (κ2) is 7.05. The monoisotopic (exact) mass is 276 g/mol. The first-order chi connectivity index (χ1) is 9.63. The largest absolute Gasteiger partial charge is 0.481 e. The number of rotatable bonds is 8. The highest BCUT2D eigenvalue weighted by Crippen LogP contribution is 2.18. The average Bonchev–Trinajstić information content (AvgIpc) is 3.22. The Morgan fingerprint density at radius 1 is 1.15 bits per heavy atom. The number of hydrogen-bond acceptors (Lipinski definition) is 3. The van der Waals surface area contributed by atoms with E-state index in [-0.39, 0.29) is 12.3 Å². The Balaban J connectivity index is 1.71. The van der Waals surface area contributed by atoms with Gasteiger partial charge in [-0.2, -0.15) is 0 Å². The highest BCUT2D eigenvalue weighted by atomic mass is 16.4. The van der Waals surface area contributed by atoms with Crippen molar-refractivity contribution in [1.82, 2.24) is 5.32 Å². The van der Waals surface area contributed by atoms with E-state index in [2.05, 4.69) is 10.6 Å². The van der Waals surface area contributed by atoms with Gasteiger partial charge in [0.05, 0.1) is 0 Å². The standard InChI is InChI=1S/C15H20N2O3/c18-14(9-10-16-12-6-7-12)17-13-4-1-11(2-5-13)3-8-15(19)20/h1-2,4-5,12,16H,3,6-10H2,(H,17,18)(H,19,20). The number of carbonyl (C=O) groups excluding carboxylic acids is 1. The maximum absolute atomic E-state index is 11.7. The minimum absolute atomic E-state index is 0.00330. The molecule has 0 aliphatic heterocycles. The van der Waals surface area contributed by atoms with Crippen LogP contribution in [-0.2, 0) is 16.0 Å². The molecule has 0 bridgehead atoms. The molecule has 1 aliphatic carbocycles. The summed E-state index contributed by atoms with van der Waals surface area (Å²) in [5, 5.41) is 14.7. The van der Waals surface area contributed by atoms with Gasteiger partial charge < -0.3 is 15.7 Å². The molecule has 0 aromatic heterocycles. The molecule has 1 aliphatic rings. The number of carboxylic acid groups (broad SMARTS) is 1. The number of aliphatic carboxylic acids is 1. The number of nitrogens with one attached hydrogen (secondary N) is 2. The fourth-order valence-corrected chi connectivity index (χ4v) is 1.91. The summed E-state index contributed by atoms with van der Waals surface area (Å²) in [6.07, 6.45) is 3.55. The maximum Gasteiger partial charge on any atom is 0.303 e. The summed E-state index contributed by atoms with van der Waals surface area (Å²) < 4.78 is 0. The molecule has 1 amide bonds. The van der Waals surface area contributed by atoms with E-state index in [0.717, 1.165) is 11.3 Å². The van der Waals surface area contributed by atoms with Crippen molar-refractivity contribution < 1.29 is 14.7 Å². The molecule has 3 N–H and O–H groups in total. The van der Waals surface area contributed by atoms with E-state index in [4.69, 9.17) is 5.11 Å². The molecule has 1 saturated carbocycles. The predicted octanol–water partition coefficient (Wildman–Crippen LogP) is 1.78. The van der Waals surface area contributed by atoms with E-state index in [0.29, 0.717) is 25.4 Å². The van der Waals surface area contributed by atoms with E-state index in [9.17, 15) is 9.59 Å². The third kappa shape index (κ3) is 5.40. The number of carbonyl (C=O) groups is 2. The quantitative estimate of drug-likeness (QED) is 0.676. The molecular weight excluding hydrogens is 256 g/mol.